The third kappa shape index (κ3) is 6.08. The zero-order valence-electron chi connectivity index (χ0n) is 9.21. The lowest BCUT2D eigenvalue weighted by molar-refractivity contribution is -0.120. The molecule has 0 aliphatic heterocycles. The fourth-order valence-corrected chi connectivity index (χ4v) is 1.89. The first-order valence-corrected chi connectivity index (χ1v) is 6.39. The van der Waals surface area contributed by atoms with Crippen molar-refractivity contribution >= 4 is 17.5 Å². The second kappa shape index (κ2) is 9.13. The SMILES string of the molecule is C=CNC(CCC)C(=O)CCSCC. The van der Waals surface area contributed by atoms with E-state index in [0.29, 0.717) is 12.2 Å². The van der Waals surface area contributed by atoms with Crippen LogP contribution in [-0.4, -0.2) is 23.3 Å². The van der Waals surface area contributed by atoms with Crippen molar-refractivity contribution in [3.8, 4) is 0 Å². The molecule has 1 unspecified atom stereocenters. The van der Waals surface area contributed by atoms with Gasteiger partial charge in [0.2, 0.25) is 0 Å². The van der Waals surface area contributed by atoms with Crippen LogP contribution in [0.2, 0.25) is 0 Å². The molecule has 0 saturated heterocycles. The molecule has 1 N–H and O–H groups in total. The van der Waals surface area contributed by atoms with Crippen molar-refractivity contribution in [3.05, 3.63) is 12.8 Å². The van der Waals surface area contributed by atoms with Crippen LogP contribution in [0.1, 0.15) is 33.1 Å². The number of carbonyl (C=O) groups is 1. The first-order valence-electron chi connectivity index (χ1n) is 5.23. The van der Waals surface area contributed by atoms with E-state index in [1.54, 1.807) is 6.20 Å². The summed E-state index contributed by atoms with van der Waals surface area (Å²) in [5.74, 6) is 2.34. The number of carbonyl (C=O) groups excluding carboxylic acids is 1. The van der Waals surface area contributed by atoms with E-state index < -0.39 is 0 Å². The van der Waals surface area contributed by atoms with Crippen LogP contribution in [-0.2, 0) is 4.79 Å². The van der Waals surface area contributed by atoms with E-state index in [1.165, 1.54) is 0 Å². The number of ketones is 1. The Hall–Kier alpha value is -0.440. The highest BCUT2D eigenvalue weighted by atomic mass is 32.2. The van der Waals surface area contributed by atoms with Gasteiger partial charge in [-0.3, -0.25) is 4.79 Å². The third-order valence-electron chi connectivity index (χ3n) is 1.98. The maximum Gasteiger partial charge on any atom is 0.155 e. The van der Waals surface area contributed by atoms with Gasteiger partial charge in [0.05, 0.1) is 6.04 Å². The van der Waals surface area contributed by atoms with Crippen molar-refractivity contribution in [1.29, 1.82) is 0 Å². The van der Waals surface area contributed by atoms with Gasteiger partial charge in [-0.15, -0.1) is 0 Å². The predicted octanol–water partition coefficient (Wildman–Crippen LogP) is 2.60. The number of nitrogens with one attached hydrogen (secondary N) is 1. The fraction of sp³-hybridized carbons (Fsp3) is 0.727. The third-order valence-corrected chi connectivity index (χ3v) is 2.88. The Labute approximate surface area is 91.5 Å². The second-order valence-corrected chi connectivity index (χ2v) is 4.52. The molecule has 0 fully saturated rings. The second-order valence-electron chi connectivity index (χ2n) is 3.13. The van der Waals surface area contributed by atoms with Gasteiger partial charge in [-0.25, -0.2) is 0 Å². The monoisotopic (exact) mass is 215 g/mol. The molecule has 0 aromatic rings. The van der Waals surface area contributed by atoms with Gasteiger partial charge in [0.25, 0.3) is 0 Å². The van der Waals surface area contributed by atoms with E-state index in [-0.39, 0.29) is 6.04 Å². The number of thioether (sulfide) groups is 1. The Bertz CT molecular complexity index is 171. The van der Waals surface area contributed by atoms with Crippen molar-refractivity contribution < 1.29 is 4.79 Å². The predicted molar refractivity (Wildman–Crippen MR) is 64.7 cm³/mol. The van der Waals surface area contributed by atoms with E-state index in [9.17, 15) is 4.79 Å². The van der Waals surface area contributed by atoms with E-state index in [0.717, 1.165) is 24.3 Å². The minimum Gasteiger partial charge on any atom is -0.382 e. The molecule has 0 aromatic heterocycles. The Morgan fingerprint density at radius 3 is 2.79 bits per heavy atom. The van der Waals surface area contributed by atoms with Gasteiger partial charge < -0.3 is 5.32 Å². The van der Waals surface area contributed by atoms with Crippen molar-refractivity contribution in [3.63, 3.8) is 0 Å². The molecule has 0 heterocycles. The Morgan fingerprint density at radius 2 is 2.29 bits per heavy atom. The molecule has 0 radical (unpaired) electrons. The van der Waals surface area contributed by atoms with Crippen LogP contribution >= 0.6 is 11.8 Å². The lowest BCUT2D eigenvalue weighted by Crippen LogP contribution is -2.33. The van der Waals surface area contributed by atoms with Gasteiger partial charge in [-0.1, -0.05) is 26.8 Å². The molecule has 0 aliphatic rings. The maximum absolute atomic E-state index is 11.7. The van der Waals surface area contributed by atoms with Crippen LogP contribution in [0.15, 0.2) is 12.8 Å². The summed E-state index contributed by atoms with van der Waals surface area (Å²) in [6, 6.07) is -0.0186. The average Bonchev–Trinajstić information content (AvgIpc) is 2.18. The van der Waals surface area contributed by atoms with Crippen molar-refractivity contribution in [2.75, 3.05) is 11.5 Å². The van der Waals surface area contributed by atoms with Crippen molar-refractivity contribution in [2.45, 2.75) is 39.2 Å². The molecular formula is C11H21NOS. The number of Topliss-reactive ketones (excluding diaryl/α,β-unsaturated/α-hetero) is 1. The zero-order chi connectivity index (χ0) is 10.8. The molecule has 82 valence electrons. The number of hydrogen-bond acceptors (Lipinski definition) is 3. The summed E-state index contributed by atoms with van der Waals surface area (Å²) in [4.78, 5) is 11.7. The summed E-state index contributed by atoms with van der Waals surface area (Å²) in [7, 11) is 0. The molecule has 14 heavy (non-hydrogen) atoms. The summed E-state index contributed by atoms with van der Waals surface area (Å²) in [5, 5.41) is 3.02. The maximum atomic E-state index is 11.7. The van der Waals surface area contributed by atoms with Gasteiger partial charge in [-0.2, -0.15) is 11.8 Å². The first-order chi connectivity index (χ1) is 6.76. The molecule has 2 nitrogen and oxygen atoms in total. The van der Waals surface area contributed by atoms with Gasteiger partial charge in [-0.05, 0) is 18.4 Å². The molecule has 0 aliphatic carbocycles. The molecule has 1 atom stereocenters. The van der Waals surface area contributed by atoms with Gasteiger partial charge in [0.1, 0.15) is 0 Å². The van der Waals surface area contributed by atoms with Gasteiger partial charge in [0.15, 0.2) is 5.78 Å². The first kappa shape index (κ1) is 13.6. The normalized spacial score (nSPS) is 12.1. The molecule has 0 aromatic carbocycles. The van der Waals surface area contributed by atoms with Crippen molar-refractivity contribution in [2.24, 2.45) is 0 Å². The summed E-state index contributed by atoms with van der Waals surface area (Å²) < 4.78 is 0. The minimum atomic E-state index is -0.0186. The number of rotatable bonds is 9. The van der Waals surface area contributed by atoms with E-state index >= 15 is 0 Å². The zero-order valence-corrected chi connectivity index (χ0v) is 10.0. The standard InChI is InChI=1S/C11H21NOS/c1-4-7-10(12-5-2)11(13)8-9-14-6-3/h5,10,12H,2,4,6-9H2,1,3H3. The van der Waals surface area contributed by atoms with Crippen LogP contribution in [0.4, 0.5) is 0 Å². The highest BCUT2D eigenvalue weighted by Crippen LogP contribution is 2.06. The summed E-state index contributed by atoms with van der Waals surface area (Å²) in [6.45, 7) is 7.79. The molecule has 3 heteroatoms. The van der Waals surface area contributed by atoms with Gasteiger partial charge in [0, 0.05) is 12.2 Å². The van der Waals surface area contributed by atoms with Gasteiger partial charge >= 0.3 is 0 Å². The largest absolute Gasteiger partial charge is 0.382 e. The van der Waals surface area contributed by atoms with Crippen molar-refractivity contribution in [1.82, 2.24) is 5.32 Å². The van der Waals surface area contributed by atoms with Crippen LogP contribution in [0, 0.1) is 0 Å². The number of hydrogen-bond donors (Lipinski definition) is 1. The summed E-state index contributed by atoms with van der Waals surface area (Å²) in [6.07, 6.45) is 4.22. The van der Waals surface area contributed by atoms with Crippen LogP contribution in [0.3, 0.4) is 0 Å². The molecule has 0 rings (SSSR count). The highest BCUT2D eigenvalue weighted by Gasteiger charge is 2.14. The van der Waals surface area contributed by atoms with Crippen LogP contribution in [0.5, 0.6) is 0 Å². The molecular weight excluding hydrogens is 194 g/mol. The van der Waals surface area contributed by atoms with Crippen LogP contribution in [0.25, 0.3) is 0 Å². The minimum absolute atomic E-state index is 0.0186. The molecule has 0 bridgehead atoms. The highest BCUT2D eigenvalue weighted by molar-refractivity contribution is 7.99. The smallest absolute Gasteiger partial charge is 0.155 e. The average molecular weight is 215 g/mol. The molecule has 0 amide bonds. The molecule has 0 saturated carbocycles. The quantitative estimate of drug-likeness (QED) is 0.599. The Morgan fingerprint density at radius 1 is 1.57 bits per heavy atom. The topological polar surface area (TPSA) is 29.1 Å². The lowest BCUT2D eigenvalue weighted by Gasteiger charge is -2.14. The van der Waals surface area contributed by atoms with E-state index in [1.807, 2.05) is 11.8 Å². The van der Waals surface area contributed by atoms with Crippen LogP contribution < -0.4 is 5.32 Å². The van der Waals surface area contributed by atoms with E-state index in [4.69, 9.17) is 0 Å². The Kier molecular flexibility index (Phi) is 8.84. The summed E-state index contributed by atoms with van der Waals surface area (Å²) >= 11 is 1.82. The fourth-order valence-electron chi connectivity index (χ4n) is 1.26. The lowest BCUT2D eigenvalue weighted by atomic mass is 10.1. The van der Waals surface area contributed by atoms with E-state index in [2.05, 4.69) is 25.7 Å². The summed E-state index contributed by atoms with van der Waals surface area (Å²) in [5.41, 5.74) is 0. The molecule has 0 spiro atoms. The Balaban J connectivity index is 3.81.